The van der Waals surface area contributed by atoms with Gasteiger partial charge in [-0.2, -0.15) is 0 Å². The number of hydrogen-bond donors (Lipinski definition) is 0. The summed E-state index contributed by atoms with van der Waals surface area (Å²) in [7, 11) is 1.76. The van der Waals surface area contributed by atoms with Crippen molar-refractivity contribution in [1.82, 2.24) is 0 Å². The number of rotatable bonds is 2. The van der Waals surface area contributed by atoms with Crippen molar-refractivity contribution in [3.8, 4) is 0 Å². The lowest BCUT2D eigenvalue weighted by atomic mass is 9.77. The van der Waals surface area contributed by atoms with Gasteiger partial charge in [0.05, 0.1) is 5.60 Å². The van der Waals surface area contributed by atoms with Crippen molar-refractivity contribution >= 4 is 5.78 Å². The Kier molecular flexibility index (Phi) is 3.34. The predicted molar refractivity (Wildman–Crippen MR) is 68.1 cm³/mol. The smallest absolute Gasteiger partial charge is 0.133 e. The van der Waals surface area contributed by atoms with Gasteiger partial charge in [0.2, 0.25) is 0 Å². The van der Waals surface area contributed by atoms with E-state index >= 15 is 0 Å². The summed E-state index contributed by atoms with van der Waals surface area (Å²) in [6.07, 6.45) is 2.90. The Labute approximate surface area is 103 Å². The van der Waals surface area contributed by atoms with Crippen LogP contribution in [-0.4, -0.2) is 12.9 Å². The van der Waals surface area contributed by atoms with E-state index in [9.17, 15) is 4.79 Å². The molecule has 0 bridgehead atoms. The zero-order chi connectivity index (χ0) is 12.5. The van der Waals surface area contributed by atoms with E-state index in [1.54, 1.807) is 7.11 Å². The van der Waals surface area contributed by atoms with Crippen LogP contribution in [0.15, 0.2) is 18.2 Å². The van der Waals surface area contributed by atoms with Gasteiger partial charge < -0.3 is 4.74 Å². The van der Waals surface area contributed by atoms with Gasteiger partial charge in [-0.25, -0.2) is 0 Å². The first kappa shape index (κ1) is 12.3. The molecule has 1 fully saturated rings. The average Bonchev–Trinajstić information content (AvgIpc) is 2.31. The fourth-order valence-corrected chi connectivity index (χ4v) is 2.84. The normalized spacial score (nSPS) is 19.4. The van der Waals surface area contributed by atoms with Crippen LogP contribution in [0.1, 0.15) is 42.4 Å². The number of benzene rings is 1. The molecule has 0 saturated heterocycles. The Balaban J connectivity index is 2.37. The second kappa shape index (κ2) is 4.61. The third kappa shape index (κ3) is 2.27. The Bertz CT molecular complexity index is 425. The molecule has 0 N–H and O–H groups in total. The maximum Gasteiger partial charge on any atom is 0.133 e. The molecule has 2 nitrogen and oxygen atoms in total. The summed E-state index contributed by atoms with van der Waals surface area (Å²) in [5.41, 5.74) is 3.54. The molecule has 1 saturated carbocycles. The highest BCUT2D eigenvalue weighted by Crippen LogP contribution is 2.40. The van der Waals surface area contributed by atoms with Crippen molar-refractivity contribution in [2.75, 3.05) is 7.11 Å². The Morgan fingerprint density at radius 1 is 1.18 bits per heavy atom. The Hall–Kier alpha value is -1.15. The molecule has 0 radical (unpaired) electrons. The van der Waals surface area contributed by atoms with Gasteiger partial charge in [-0.3, -0.25) is 4.79 Å². The first-order valence-electron chi connectivity index (χ1n) is 6.22. The van der Waals surface area contributed by atoms with Crippen LogP contribution >= 0.6 is 0 Å². The van der Waals surface area contributed by atoms with Gasteiger partial charge >= 0.3 is 0 Å². The topological polar surface area (TPSA) is 26.3 Å². The van der Waals surface area contributed by atoms with Gasteiger partial charge in [0.1, 0.15) is 5.78 Å². The van der Waals surface area contributed by atoms with Gasteiger partial charge in [0, 0.05) is 20.0 Å². The molecule has 1 aliphatic rings. The molecule has 2 rings (SSSR count). The largest absolute Gasteiger partial charge is 0.373 e. The zero-order valence-corrected chi connectivity index (χ0v) is 10.9. The third-order valence-electron chi connectivity index (χ3n) is 3.88. The van der Waals surface area contributed by atoms with E-state index in [1.165, 1.54) is 16.7 Å². The average molecular weight is 232 g/mol. The maximum absolute atomic E-state index is 11.4. The van der Waals surface area contributed by atoms with Crippen LogP contribution in [0.4, 0.5) is 0 Å². The molecule has 0 aliphatic heterocycles. The molecule has 2 heteroatoms. The number of hydrogen-bond acceptors (Lipinski definition) is 2. The lowest BCUT2D eigenvalue weighted by Crippen LogP contribution is -2.34. The lowest BCUT2D eigenvalue weighted by molar-refractivity contribution is -0.127. The minimum absolute atomic E-state index is 0.244. The van der Waals surface area contributed by atoms with E-state index in [0.717, 1.165) is 12.8 Å². The molecule has 1 aliphatic carbocycles. The van der Waals surface area contributed by atoms with Crippen LogP contribution in [-0.2, 0) is 15.1 Å². The highest BCUT2D eigenvalue weighted by Gasteiger charge is 2.37. The zero-order valence-electron chi connectivity index (χ0n) is 10.9. The summed E-state index contributed by atoms with van der Waals surface area (Å²) in [5, 5.41) is 0. The molecule has 0 spiro atoms. The molecule has 0 amide bonds. The van der Waals surface area contributed by atoms with Crippen molar-refractivity contribution in [3.05, 3.63) is 34.9 Å². The number of aryl methyl sites for hydroxylation is 2. The van der Waals surface area contributed by atoms with Crippen molar-refractivity contribution in [2.45, 2.75) is 45.1 Å². The van der Waals surface area contributed by atoms with Crippen LogP contribution in [0.25, 0.3) is 0 Å². The summed E-state index contributed by atoms with van der Waals surface area (Å²) in [6.45, 7) is 4.22. The summed E-state index contributed by atoms with van der Waals surface area (Å²) < 4.78 is 5.78. The van der Waals surface area contributed by atoms with Gasteiger partial charge in [-0.15, -0.1) is 0 Å². The molecular weight excluding hydrogens is 212 g/mol. The molecule has 17 heavy (non-hydrogen) atoms. The van der Waals surface area contributed by atoms with E-state index in [4.69, 9.17) is 4.74 Å². The van der Waals surface area contributed by atoms with E-state index < -0.39 is 0 Å². The highest BCUT2D eigenvalue weighted by molar-refractivity contribution is 5.79. The number of Topliss-reactive ketones (excluding diaryl/α,β-unsaturated/α-hetero) is 1. The van der Waals surface area contributed by atoms with Crippen LogP contribution in [0.5, 0.6) is 0 Å². The van der Waals surface area contributed by atoms with Crippen LogP contribution in [0.2, 0.25) is 0 Å². The van der Waals surface area contributed by atoms with Crippen molar-refractivity contribution in [1.29, 1.82) is 0 Å². The Morgan fingerprint density at radius 2 is 1.82 bits per heavy atom. The summed E-state index contributed by atoms with van der Waals surface area (Å²) in [6, 6.07) is 6.47. The van der Waals surface area contributed by atoms with Gasteiger partial charge in [-0.1, -0.05) is 23.8 Å². The summed E-state index contributed by atoms with van der Waals surface area (Å²) >= 11 is 0. The molecule has 0 atom stereocenters. The lowest BCUT2D eigenvalue weighted by Gasteiger charge is -2.37. The highest BCUT2D eigenvalue weighted by atomic mass is 16.5. The van der Waals surface area contributed by atoms with E-state index in [1.807, 2.05) is 0 Å². The fourth-order valence-electron chi connectivity index (χ4n) is 2.84. The van der Waals surface area contributed by atoms with Gasteiger partial charge in [-0.05, 0) is 37.8 Å². The fraction of sp³-hybridized carbons (Fsp3) is 0.533. The number of methoxy groups -OCH3 is 1. The van der Waals surface area contributed by atoms with E-state index in [0.29, 0.717) is 18.6 Å². The molecule has 92 valence electrons. The van der Waals surface area contributed by atoms with Crippen molar-refractivity contribution in [2.24, 2.45) is 0 Å². The van der Waals surface area contributed by atoms with Gasteiger partial charge in [0.25, 0.3) is 0 Å². The standard InChI is InChI=1S/C15H20O2/c1-11-4-5-14(12(2)10-11)15(17-3)8-6-13(16)7-9-15/h4-5,10H,6-9H2,1-3H3. The number of carbonyl (C=O) groups excluding carboxylic acids is 1. The quantitative estimate of drug-likeness (QED) is 0.782. The first-order chi connectivity index (χ1) is 8.07. The van der Waals surface area contributed by atoms with E-state index in [2.05, 4.69) is 32.0 Å². The molecular formula is C15H20O2. The molecule has 0 aromatic heterocycles. The molecule has 0 unspecified atom stereocenters. The summed E-state index contributed by atoms with van der Waals surface area (Å²) in [4.78, 5) is 11.4. The predicted octanol–water partition coefficient (Wildman–Crippen LogP) is 3.29. The minimum Gasteiger partial charge on any atom is -0.373 e. The Morgan fingerprint density at radius 3 is 2.35 bits per heavy atom. The minimum atomic E-state index is -0.244. The number of ether oxygens (including phenoxy) is 1. The SMILES string of the molecule is COC1(c2ccc(C)cc2C)CCC(=O)CC1. The van der Waals surface area contributed by atoms with Crippen LogP contribution in [0, 0.1) is 13.8 Å². The molecule has 1 aromatic carbocycles. The van der Waals surface area contributed by atoms with Crippen LogP contribution < -0.4 is 0 Å². The number of ketones is 1. The van der Waals surface area contributed by atoms with Gasteiger partial charge in [0.15, 0.2) is 0 Å². The summed E-state index contributed by atoms with van der Waals surface area (Å²) in [5.74, 6) is 0.363. The second-order valence-electron chi connectivity index (χ2n) is 5.06. The van der Waals surface area contributed by atoms with Crippen LogP contribution in [0.3, 0.4) is 0 Å². The molecule has 0 heterocycles. The van der Waals surface area contributed by atoms with Crippen molar-refractivity contribution < 1.29 is 9.53 Å². The molecule has 1 aromatic rings. The second-order valence-corrected chi connectivity index (χ2v) is 5.06. The maximum atomic E-state index is 11.4. The first-order valence-corrected chi connectivity index (χ1v) is 6.22. The number of carbonyl (C=O) groups is 1. The van der Waals surface area contributed by atoms with E-state index in [-0.39, 0.29) is 5.60 Å². The monoisotopic (exact) mass is 232 g/mol. The van der Waals surface area contributed by atoms with Crippen molar-refractivity contribution in [3.63, 3.8) is 0 Å². The third-order valence-corrected chi connectivity index (χ3v) is 3.88.